The first kappa shape index (κ1) is 24.5. The summed E-state index contributed by atoms with van der Waals surface area (Å²) in [5.41, 5.74) is 4.17. The van der Waals surface area contributed by atoms with Crippen LogP contribution in [0, 0.1) is 12.7 Å². The predicted octanol–water partition coefficient (Wildman–Crippen LogP) is 3.87. The van der Waals surface area contributed by atoms with Crippen LogP contribution in [0.25, 0.3) is 22.3 Å². The van der Waals surface area contributed by atoms with Crippen molar-refractivity contribution in [3.8, 4) is 11.3 Å². The molecule has 4 heterocycles. The number of anilines is 1. The second-order valence-electron chi connectivity index (χ2n) is 9.96. The van der Waals surface area contributed by atoms with Gasteiger partial charge in [0.15, 0.2) is 15.5 Å². The van der Waals surface area contributed by atoms with Crippen molar-refractivity contribution >= 4 is 32.5 Å². The maximum atomic E-state index is 14.0. The van der Waals surface area contributed by atoms with Crippen LogP contribution in [0.4, 0.5) is 10.1 Å². The van der Waals surface area contributed by atoms with Gasteiger partial charge < -0.3 is 9.80 Å². The van der Waals surface area contributed by atoms with E-state index in [-0.39, 0.29) is 29.3 Å². The van der Waals surface area contributed by atoms with E-state index in [9.17, 15) is 17.6 Å². The molecule has 2 fully saturated rings. The third kappa shape index (κ3) is 4.53. The van der Waals surface area contributed by atoms with Crippen LogP contribution in [0.2, 0.25) is 0 Å². The topological polar surface area (TPSA) is 88.4 Å². The number of aryl methyl sites for hydroxylation is 1. The highest BCUT2D eigenvalue weighted by Gasteiger charge is 2.33. The molecule has 2 saturated heterocycles. The van der Waals surface area contributed by atoms with Crippen LogP contribution in [-0.2, 0) is 9.84 Å². The quantitative estimate of drug-likeness (QED) is 0.396. The summed E-state index contributed by atoms with van der Waals surface area (Å²) in [5, 5.41) is 5.37. The second-order valence-corrected chi connectivity index (χ2v) is 12.2. The maximum absolute atomic E-state index is 14.0. The number of carbonyl (C=O) groups excluding carboxylic acids is 1. The fourth-order valence-corrected chi connectivity index (χ4v) is 7.14. The van der Waals surface area contributed by atoms with E-state index in [1.54, 1.807) is 16.8 Å². The zero-order valence-electron chi connectivity index (χ0n) is 21.0. The molecule has 1 amide bonds. The highest BCUT2D eigenvalue weighted by molar-refractivity contribution is 7.91. The lowest BCUT2D eigenvalue weighted by Crippen LogP contribution is -2.48. The number of sulfone groups is 1. The zero-order valence-corrected chi connectivity index (χ0v) is 21.9. The van der Waals surface area contributed by atoms with E-state index in [0.717, 1.165) is 11.3 Å². The number of benzene rings is 2. The van der Waals surface area contributed by atoms with Crippen LogP contribution < -0.4 is 4.90 Å². The number of halogens is 1. The van der Waals surface area contributed by atoms with Crippen molar-refractivity contribution in [2.75, 3.05) is 42.6 Å². The highest BCUT2D eigenvalue weighted by Crippen LogP contribution is 2.33. The number of hydrogen-bond acceptors (Lipinski definition) is 6. The lowest BCUT2D eigenvalue weighted by Gasteiger charge is -2.36. The van der Waals surface area contributed by atoms with Gasteiger partial charge in [0.05, 0.1) is 39.9 Å². The molecule has 38 heavy (non-hydrogen) atoms. The Morgan fingerprint density at radius 1 is 1.00 bits per heavy atom. The first-order valence-electron chi connectivity index (χ1n) is 12.7. The van der Waals surface area contributed by atoms with Crippen LogP contribution in [0.5, 0.6) is 0 Å². The van der Waals surface area contributed by atoms with Crippen molar-refractivity contribution in [3.63, 3.8) is 0 Å². The number of carbonyl (C=O) groups is 1. The highest BCUT2D eigenvalue weighted by atomic mass is 32.2. The summed E-state index contributed by atoms with van der Waals surface area (Å²) in [7, 11) is -3.13. The third-order valence-electron chi connectivity index (χ3n) is 7.45. The number of hydrogen-bond donors (Lipinski definition) is 0. The second kappa shape index (κ2) is 9.50. The molecule has 10 heteroatoms. The van der Waals surface area contributed by atoms with E-state index in [0.29, 0.717) is 60.6 Å². The Morgan fingerprint density at radius 2 is 1.71 bits per heavy atom. The maximum Gasteiger partial charge on any atom is 0.254 e. The van der Waals surface area contributed by atoms with Crippen LogP contribution in [0.3, 0.4) is 0 Å². The summed E-state index contributed by atoms with van der Waals surface area (Å²) >= 11 is 0. The first-order chi connectivity index (χ1) is 18.3. The van der Waals surface area contributed by atoms with Crippen LogP contribution in [-0.4, -0.2) is 71.7 Å². The first-order valence-corrected chi connectivity index (χ1v) is 14.6. The summed E-state index contributed by atoms with van der Waals surface area (Å²) in [6.45, 7) is 4.16. The standard InChI is InChI=1S/C28H28FN5O3S/c1-19-26-24(28(35)33-14-12-32(13-15-33)22-9-7-21(29)8-10-22)17-25(20-5-3-2-4-6-20)30-27(26)34(31-19)23-11-16-38(36,37)18-23/h2-10,17,23H,11-16,18H2,1H3. The molecule has 1 unspecified atom stereocenters. The number of nitrogens with zero attached hydrogens (tertiary/aromatic N) is 5. The monoisotopic (exact) mass is 533 g/mol. The van der Waals surface area contributed by atoms with Crippen LogP contribution in [0.1, 0.15) is 28.5 Å². The molecule has 2 aliphatic heterocycles. The van der Waals surface area contributed by atoms with Gasteiger partial charge in [-0.1, -0.05) is 30.3 Å². The van der Waals surface area contributed by atoms with E-state index < -0.39 is 9.84 Å². The Hall–Kier alpha value is -3.79. The van der Waals surface area contributed by atoms with Gasteiger partial charge in [-0.15, -0.1) is 0 Å². The fourth-order valence-electron chi connectivity index (χ4n) is 5.45. The zero-order chi connectivity index (χ0) is 26.4. The average Bonchev–Trinajstić information content (AvgIpc) is 3.47. The van der Waals surface area contributed by atoms with Crippen LogP contribution >= 0.6 is 0 Å². The van der Waals surface area contributed by atoms with E-state index in [4.69, 9.17) is 10.1 Å². The summed E-state index contributed by atoms with van der Waals surface area (Å²) < 4.78 is 39.5. The smallest absolute Gasteiger partial charge is 0.254 e. The normalized spacial score (nSPS) is 19.3. The molecule has 6 rings (SSSR count). The van der Waals surface area contributed by atoms with Crippen molar-refractivity contribution < 1.29 is 17.6 Å². The molecule has 0 bridgehead atoms. The molecule has 8 nitrogen and oxygen atoms in total. The van der Waals surface area contributed by atoms with E-state index in [1.807, 2.05) is 48.2 Å². The van der Waals surface area contributed by atoms with Crippen LogP contribution in [0.15, 0.2) is 60.7 Å². The number of fused-ring (bicyclic) bond motifs is 1. The lowest BCUT2D eigenvalue weighted by molar-refractivity contribution is 0.0748. The molecule has 0 saturated carbocycles. The number of amides is 1. The van der Waals surface area contributed by atoms with E-state index >= 15 is 0 Å². The van der Waals surface area contributed by atoms with Crippen molar-refractivity contribution in [1.82, 2.24) is 19.7 Å². The van der Waals surface area contributed by atoms with Gasteiger partial charge >= 0.3 is 0 Å². The Morgan fingerprint density at radius 3 is 2.37 bits per heavy atom. The van der Waals surface area contributed by atoms with Gasteiger partial charge in [-0.3, -0.25) is 4.79 Å². The van der Waals surface area contributed by atoms with Gasteiger partial charge in [0, 0.05) is 37.4 Å². The summed E-state index contributed by atoms with van der Waals surface area (Å²) in [5.74, 6) is -0.227. The largest absolute Gasteiger partial charge is 0.368 e. The molecule has 0 aliphatic carbocycles. The van der Waals surface area contributed by atoms with Gasteiger partial charge in [0.2, 0.25) is 0 Å². The molecule has 4 aromatic rings. The Bertz CT molecular complexity index is 1610. The molecule has 0 spiro atoms. The molecule has 2 aromatic carbocycles. The summed E-state index contributed by atoms with van der Waals surface area (Å²) in [6.07, 6.45) is 0.477. The number of aromatic nitrogens is 3. The van der Waals surface area contributed by atoms with Crippen molar-refractivity contribution in [2.24, 2.45) is 0 Å². The lowest BCUT2D eigenvalue weighted by atomic mass is 10.0. The Kier molecular flexibility index (Phi) is 6.14. The fraction of sp³-hybridized carbons (Fsp3) is 0.321. The number of pyridine rings is 1. The number of piperazine rings is 1. The minimum absolute atomic E-state index is 0.0229. The minimum atomic E-state index is -3.13. The van der Waals surface area contributed by atoms with E-state index in [2.05, 4.69) is 4.90 Å². The molecule has 2 aliphatic rings. The molecule has 0 N–H and O–H groups in total. The predicted molar refractivity (Wildman–Crippen MR) is 145 cm³/mol. The van der Waals surface area contributed by atoms with Gasteiger partial charge in [-0.2, -0.15) is 5.10 Å². The SMILES string of the molecule is Cc1nn(C2CCS(=O)(=O)C2)c2nc(-c3ccccc3)cc(C(=O)N3CCN(c4ccc(F)cc4)CC3)c12. The van der Waals surface area contributed by atoms with Crippen molar-refractivity contribution in [1.29, 1.82) is 0 Å². The Labute approximate surface area is 220 Å². The average molecular weight is 534 g/mol. The van der Waals surface area contributed by atoms with Crippen molar-refractivity contribution in [2.45, 2.75) is 19.4 Å². The van der Waals surface area contributed by atoms with Gasteiger partial charge in [-0.25, -0.2) is 22.5 Å². The van der Waals surface area contributed by atoms with Gasteiger partial charge in [0.25, 0.3) is 5.91 Å². The molecule has 1 atom stereocenters. The molecular formula is C28H28FN5O3S. The third-order valence-corrected chi connectivity index (χ3v) is 9.20. The summed E-state index contributed by atoms with van der Waals surface area (Å²) in [6, 6.07) is 17.6. The molecular weight excluding hydrogens is 505 g/mol. The van der Waals surface area contributed by atoms with E-state index in [1.165, 1.54) is 12.1 Å². The molecule has 196 valence electrons. The Balaban J connectivity index is 1.37. The molecule has 0 radical (unpaired) electrons. The van der Waals surface area contributed by atoms with Gasteiger partial charge in [-0.05, 0) is 43.7 Å². The molecule has 2 aromatic heterocycles. The van der Waals surface area contributed by atoms with Gasteiger partial charge in [0.1, 0.15) is 5.82 Å². The minimum Gasteiger partial charge on any atom is -0.368 e. The summed E-state index contributed by atoms with van der Waals surface area (Å²) in [4.78, 5) is 22.8. The van der Waals surface area contributed by atoms with Crippen molar-refractivity contribution in [3.05, 3.63) is 77.7 Å². The number of rotatable bonds is 4.